The van der Waals surface area contributed by atoms with Crippen LogP contribution in [0.2, 0.25) is 0 Å². The molecule has 0 heterocycles. The molecule has 0 aromatic heterocycles. The Bertz CT molecular complexity index is 472. The fraction of sp³-hybridized carbons (Fsp3) is 0.562. The van der Waals surface area contributed by atoms with Crippen molar-refractivity contribution in [2.45, 2.75) is 46.1 Å². The van der Waals surface area contributed by atoms with Crippen molar-refractivity contribution in [2.75, 3.05) is 0 Å². The second-order valence-electron chi connectivity index (χ2n) is 5.81. The third kappa shape index (κ3) is 3.38. The minimum absolute atomic E-state index is 0.0478. The zero-order chi connectivity index (χ0) is 14.0. The lowest BCUT2D eigenvalue weighted by molar-refractivity contribution is 0.0891. The summed E-state index contributed by atoms with van der Waals surface area (Å²) in [6, 6.07) is 6.09. The van der Waals surface area contributed by atoms with Gasteiger partial charge in [-0.05, 0) is 42.9 Å². The molecule has 1 amide bonds. The van der Waals surface area contributed by atoms with E-state index in [9.17, 15) is 4.79 Å². The normalized spacial score (nSPS) is 27.1. The van der Waals surface area contributed by atoms with E-state index in [4.69, 9.17) is 0 Å². The molecule has 1 N–H and O–H groups in total. The van der Waals surface area contributed by atoms with Crippen LogP contribution < -0.4 is 5.32 Å². The number of aryl methyl sites for hydroxylation is 1. The Hall–Kier alpha value is -0.830. The fourth-order valence-electron chi connectivity index (χ4n) is 2.77. The number of carbonyl (C=O) groups is 1. The smallest absolute Gasteiger partial charge is 0.251 e. The summed E-state index contributed by atoms with van der Waals surface area (Å²) in [5, 5.41) is 3.20. The van der Waals surface area contributed by atoms with E-state index < -0.39 is 0 Å². The highest BCUT2D eigenvalue weighted by atomic mass is 79.9. The van der Waals surface area contributed by atoms with Crippen LogP contribution in [0, 0.1) is 18.8 Å². The minimum atomic E-state index is 0.0478. The van der Waals surface area contributed by atoms with Gasteiger partial charge >= 0.3 is 0 Å². The highest BCUT2D eigenvalue weighted by molar-refractivity contribution is 9.10. The minimum Gasteiger partial charge on any atom is -0.349 e. The van der Waals surface area contributed by atoms with E-state index in [2.05, 4.69) is 35.1 Å². The second-order valence-corrected chi connectivity index (χ2v) is 6.67. The highest BCUT2D eigenvalue weighted by Crippen LogP contribution is 2.29. The number of benzene rings is 1. The summed E-state index contributed by atoms with van der Waals surface area (Å²) in [6.07, 6.45) is 3.60. The Labute approximate surface area is 124 Å². The third-order valence-corrected chi connectivity index (χ3v) is 5.31. The zero-order valence-corrected chi connectivity index (χ0v) is 13.5. The first-order valence-electron chi connectivity index (χ1n) is 7.06. The van der Waals surface area contributed by atoms with Gasteiger partial charge in [0.15, 0.2) is 0 Å². The summed E-state index contributed by atoms with van der Waals surface area (Å²) in [5.74, 6) is 1.31. The Kier molecular flexibility index (Phi) is 4.67. The number of hydrogen-bond acceptors (Lipinski definition) is 1. The standard InChI is InChI=1S/C16H22BrNO/c1-10-5-4-6-15(12(10)3)18-16(19)13-8-7-11(2)14(17)9-13/h7-10,12,15H,4-6H2,1-3H3,(H,18,19). The third-order valence-electron chi connectivity index (χ3n) is 4.46. The van der Waals surface area contributed by atoms with Crippen LogP contribution in [0.15, 0.2) is 22.7 Å². The predicted molar refractivity (Wildman–Crippen MR) is 82.3 cm³/mol. The van der Waals surface area contributed by atoms with Crippen LogP contribution in [-0.4, -0.2) is 11.9 Å². The quantitative estimate of drug-likeness (QED) is 0.863. The number of nitrogens with one attached hydrogen (secondary N) is 1. The van der Waals surface area contributed by atoms with Gasteiger partial charge in [-0.25, -0.2) is 0 Å². The first-order chi connectivity index (χ1) is 8.99. The molecule has 2 rings (SSSR count). The molecule has 2 nitrogen and oxygen atoms in total. The average Bonchev–Trinajstić information content (AvgIpc) is 2.38. The van der Waals surface area contributed by atoms with Crippen LogP contribution in [-0.2, 0) is 0 Å². The topological polar surface area (TPSA) is 29.1 Å². The molecule has 1 aliphatic carbocycles. The van der Waals surface area contributed by atoms with Gasteiger partial charge in [0.2, 0.25) is 0 Å². The van der Waals surface area contributed by atoms with Crippen molar-refractivity contribution in [1.29, 1.82) is 0 Å². The molecule has 1 aromatic rings. The lowest BCUT2D eigenvalue weighted by Crippen LogP contribution is -2.43. The molecule has 19 heavy (non-hydrogen) atoms. The molecule has 0 saturated heterocycles. The van der Waals surface area contributed by atoms with E-state index in [0.29, 0.717) is 17.9 Å². The maximum atomic E-state index is 12.3. The predicted octanol–water partition coefficient (Wildman–Crippen LogP) is 4.31. The molecule has 0 radical (unpaired) electrons. The van der Waals surface area contributed by atoms with Crippen molar-refractivity contribution in [3.63, 3.8) is 0 Å². The SMILES string of the molecule is Cc1ccc(C(=O)NC2CCCC(C)C2C)cc1Br. The van der Waals surface area contributed by atoms with Gasteiger partial charge in [-0.15, -0.1) is 0 Å². The highest BCUT2D eigenvalue weighted by Gasteiger charge is 2.28. The molecule has 3 heteroatoms. The Balaban J connectivity index is 2.06. The summed E-state index contributed by atoms with van der Waals surface area (Å²) in [7, 11) is 0. The molecular weight excluding hydrogens is 302 g/mol. The molecule has 3 atom stereocenters. The molecular formula is C16H22BrNO. The first-order valence-corrected chi connectivity index (χ1v) is 7.85. The number of halogens is 1. The molecule has 0 aliphatic heterocycles. The van der Waals surface area contributed by atoms with Crippen LogP contribution in [0.3, 0.4) is 0 Å². The monoisotopic (exact) mass is 323 g/mol. The molecule has 1 aromatic carbocycles. The largest absolute Gasteiger partial charge is 0.349 e. The maximum Gasteiger partial charge on any atom is 0.251 e. The van der Waals surface area contributed by atoms with Gasteiger partial charge in [-0.3, -0.25) is 4.79 Å². The van der Waals surface area contributed by atoms with E-state index in [-0.39, 0.29) is 5.91 Å². The van der Waals surface area contributed by atoms with Crippen LogP contribution >= 0.6 is 15.9 Å². The van der Waals surface area contributed by atoms with Crippen molar-refractivity contribution < 1.29 is 4.79 Å². The summed E-state index contributed by atoms with van der Waals surface area (Å²) < 4.78 is 0.991. The molecule has 104 valence electrons. The second kappa shape index (κ2) is 6.08. The molecule has 0 spiro atoms. The van der Waals surface area contributed by atoms with Gasteiger partial charge < -0.3 is 5.32 Å². The molecule has 1 aliphatic rings. The number of hydrogen-bond donors (Lipinski definition) is 1. The zero-order valence-electron chi connectivity index (χ0n) is 11.9. The van der Waals surface area contributed by atoms with Gasteiger partial charge in [0.05, 0.1) is 0 Å². The summed E-state index contributed by atoms with van der Waals surface area (Å²) in [6.45, 7) is 6.56. The summed E-state index contributed by atoms with van der Waals surface area (Å²) >= 11 is 3.48. The van der Waals surface area contributed by atoms with Gasteiger partial charge in [-0.1, -0.05) is 48.7 Å². The summed E-state index contributed by atoms with van der Waals surface area (Å²) in [4.78, 5) is 12.3. The lowest BCUT2D eigenvalue weighted by Gasteiger charge is -2.34. The number of rotatable bonds is 2. The maximum absolute atomic E-state index is 12.3. The molecule has 1 saturated carbocycles. The number of amides is 1. The van der Waals surface area contributed by atoms with Crippen molar-refractivity contribution in [3.05, 3.63) is 33.8 Å². The Morgan fingerprint density at radius 1 is 1.32 bits per heavy atom. The van der Waals surface area contributed by atoms with Gasteiger partial charge in [0.25, 0.3) is 5.91 Å². The van der Waals surface area contributed by atoms with Crippen molar-refractivity contribution >= 4 is 21.8 Å². The van der Waals surface area contributed by atoms with Crippen molar-refractivity contribution in [2.24, 2.45) is 11.8 Å². The number of carbonyl (C=O) groups excluding carboxylic acids is 1. The van der Waals surface area contributed by atoms with E-state index in [1.54, 1.807) is 0 Å². The molecule has 1 fully saturated rings. The first kappa shape index (κ1) is 14.6. The van der Waals surface area contributed by atoms with Crippen LogP contribution in [0.5, 0.6) is 0 Å². The van der Waals surface area contributed by atoms with Crippen molar-refractivity contribution in [3.8, 4) is 0 Å². The summed E-state index contributed by atoms with van der Waals surface area (Å²) in [5.41, 5.74) is 1.89. The van der Waals surface area contributed by atoms with E-state index >= 15 is 0 Å². The van der Waals surface area contributed by atoms with E-state index in [1.165, 1.54) is 12.8 Å². The lowest BCUT2D eigenvalue weighted by atomic mass is 9.78. The van der Waals surface area contributed by atoms with E-state index in [0.717, 1.165) is 22.0 Å². The molecule has 0 bridgehead atoms. The average molecular weight is 324 g/mol. The van der Waals surface area contributed by atoms with Gasteiger partial charge in [-0.2, -0.15) is 0 Å². The van der Waals surface area contributed by atoms with E-state index in [1.807, 2.05) is 25.1 Å². The Morgan fingerprint density at radius 3 is 2.74 bits per heavy atom. The Morgan fingerprint density at radius 2 is 2.05 bits per heavy atom. The van der Waals surface area contributed by atoms with Crippen LogP contribution in [0.4, 0.5) is 0 Å². The van der Waals surface area contributed by atoms with Crippen molar-refractivity contribution in [1.82, 2.24) is 5.32 Å². The van der Waals surface area contributed by atoms with Gasteiger partial charge in [0, 0.05) is 16.1 Å². The van der Waals surface area contributed by atoms with Crippen LogP contribution in [0.25, 0.3) is 0 Å². The molecule has 3 unspecified atom stereocenters. The van der Waals surface area contributed by atoms with Gasteiger partial charge in [0.1, 0.15) is 0 Å². The fourth-order valence-corrected chi connectivity index (χ4v) is 3.15. The van der Waals surface area contributed by atoms with Crippen LogP contribution in [0.1, 0.15) is 49.0 Å².